The summed E-state index contributed by atoms with van der Waals surface area (Å²) in [7, 11) is 0. The summed E-state index contributed by atoms with van der Waals surface area (Å²) < 4.78 is 4.76. The highest BCUT2D eigenvalue weighted by Crippen LogP contribution is 2.30. The number of amides is 1. The lowest BCUT2D eigenvalue weighted by molar-refractivity contribution is -0.147. The predicted octanol–water partition coefficient (Wildman–Crippen LogP) is 0.219. The molecule has 2 N–H and O–H groups in total. The molecule has 1 rings (SSSR count). The standard InChI is InChI=1S/C10H15NO5/c1-3-4-16-9(15)11-6-7(12)5-10(11,2)8(13)14/h3,7,12H,1,4-6H2,2H3,(H,13,14). The van der Waals surface area contributed by atoms with E-state index in [-0.39, 0.29) is 19.6 Å². The minimum Gasteiger partial charge on any atom is -0.480 e. The molecule has 2 atom stereocenters. The second kappa shape index (κ2) is 4.52. The van der Waals surface area contributed by atoms with Crippen LogP contribution in [0.4, 0.5) is 4.79 Å². The highest BCUT2D eigenvalue weighted by Gasteiger charge is 2.50. The van der Waals surface area contributed by atoms with E-state index in [0.29, 0.717) is 0 Å². The first-order valence-electron chi connectivity index (χ1n) is 4.88. The smallest absolute Gasteiger partial charge is 0.411 e. The average Bonchev–Trinajstić information content (AvgIpc) is 2.52. The maximum atomic E-state index is 11.6. The molecule has 6 nitrogen and oxygen atoms in total. The fraction of sp³-hybridized carbons (Fsp3) is 0.600. The van der Waals surface area contributed by atoms with Crippen LogP contribution in [-0.4, -0.2) is 52.0 Å². The Balaban J connectivity index is 2.81. The summed E-state index contributed by atoms with van der Waals surface area (Å²) in [6.07, 6.45) is -0.188. The molecule has 0 aliphatic carbocycles. The van der Waals surface area contributed by atoms with Crippen LogP contribution in [0.3, 0.4) is 0 Å². The summed E-state index contributed by atoms with van der Waals surface area (Å²) in [6.45, 7) is 4.76. The molecule has 0 aromatic rings. The lowest BCUT2D eigenvalue weighted by atomic mass is 9.99. The summed E-state index contributed by atoms with van der Waals surface area (Å²) >= 11 is 0. The van der Waals surface area contributed by atoms with Crippen LogP contribution >= 0.6 is 0 Å². The summed E-state index contributed by atoms with van der Waals surface area (Å²) in [4.78, 5) is 23.7. The Morgan fingerprint density at radius 3 is 2.81 bits per heavy atom. The summed E-state index contributed by atoms with van der Waals surface area (Å²) in [5.41, 5.74) is -1.41. The zero-order valence-electron chi connectivity index (χ0n) is 9.05. The predicted molar refractivity (Wildman–Crippen MR) is 54.9 cm³/mol. The minimum atomic E-state index is -1.41. The van der Waals surface area contributed by atoms with Crippen molar-refractivity contribution in [3.63, 3.8) is 0 Å². The van der Waals surface area contributed by atoms with Crippen molar-refractivity contribution in [2.45, 2.75) is 25.0 Å². The number of carboxylic acids is 1. The first kappa shape index (κ1) is 12.5. The first-order chi connectivity index (χ1) is 7.41. The van der Waals surface area contributed by atoms with E-state index >= 15 is 0 Å². The molecule has 1 aliphatic heterocycles. The quantitative estimate of drug-likeness (QED) is 0.676. The van der Waals surface area contributed by atoms with Gasteiger partial charge in [-0.05, 0) is 6.92 Å². The van der Waals surface area contributed by atoms with Gasteiger partial charge in [0.15, 0.2) is 0 Å². The van der Waals surface area contributed by atoms with Crippen molar-refractivity contribution in [3.8, 4) is 0 Å². The minimum absolute atomic E-state index is 0.00548. The van der Waals surface area contributed by atoms with Crippen LogP contribution in [0.15, 0.2) is 12.7 Å². The number of β-amino-alcohol motifs (C(OH)–C–C–N with tert-alkyl or cyclic N) is 1. The lowest BCUT2D eigenvalue weighted by Crippen LogP contribution is -2.50. The van der Waals surface area contributed by atoms with E-state index in [1.165, 1.54) is 13.0 Å². The summed E-state index contributed by atoms with van der Waals surface area (Å²) in [5, 5.41) is 18.5. The Kier molecular flexibility index (Phi) is 3.54. The van der Waals surface area contributed by atoms with Crippen molar-refractivity contribution in [2.75, 3.05) is 13.2 Å². The fourth-order valence-electron chi connectivity index (χ4n) is 1.73. The van der Waals surface area contributed by atoms with Crippen LogP contribution in [0.1, 0.15) is 13.3 Å². The zero-order valence-corrected chi connectivity index (χ0v) is 9.05. The number of carboxylic acid groups (broad SMARTS) is 1. The van der Waals surface area contributed by atoms with E-state index in [2.05, 4.69) is 6.58 Å². The van der Waals surface area contributed by atoms with E-state index in [1.54, 1.807) is 0 Å². The third-order valence-electron chi connectivity index (χ3n) is 2.63. The van der Waals surface area contributed by atoms with Crippen molar-refractivity contribution in [2.24, 2.45) is 0 Å². The first-order valence-corrected chi connectivity index (χ1v) is 4.88. The molecule has 0 aromatic carbocycles. The summed E-state index contributed by atoms with van der Waals surface area (Å²) in [5.74, 6) is -1.15. The third-order valence-corrected chi connectivity index (χ3v) is 2.63. The number of ether oxygens (including phenoxy) is 1. The Labute approximate surface area is 93.1 Å². The van der Waals surface area contributed by atoms with Gasteiger partial charge in [-0.1, -0.05) is 12.7 Å². The van der Waals surface area contributed by atoms with Crippen molar-refractivity contribution in [1.82, 2.24) is 4.90 Å². The van der Waals surface area contributed by atoms with Crippen LogP contribution < -0.4 is 0 Å². The van der Waals surface area contributed by atoms with Crippen LogP contribution in [-0.2, 0) is 9.53 Å². The molecule has 1 saturated heterocycles. The molecular formula is C10H15NO5. The Bertz CT molecular complexity index is 316. The second-order valence-electron chi connectivity index (χ2n) is 3.91. The molecular weight excluding hydrogens is 214 g/mol. The number of aliphatic hydroxyl groups excluding tert-OH is 1. The molecule has 6 heteroatoms. The van der Waals surface area contributed by atoms with Gasteiger partial charge >= 0.3 is 12.1 Å². The van der Waals surface area contributed by atoms with Crippen LogP contribution in [0.2, 0.25) is 0 Å². The molecule has 0 radical (unpaired) electrons. The van der Waals surface area contributed by atoms with Gasteiger partial charge in [-0.3, -0.25) is 4.90 Å². The number of hydrogen-bond donors (Lipinski definition) is 2. The molecule has 0 aromatic heterocycles. The monoisotopic (exact) mass is 229 g/mol. The van der Waals surface area contributed by atoms with Crippen molar-refractivity contribution < 1.29 is 24.5 Å². The van der Waals surface area contributed by atoms with E-state index in [0.717, 1.165) is 4.90 Å². The molecule has 90 valence electrons. The van der Waals surface area contributed by atoms with Gasteiger partial charge in [0.1, 0.15) is 12.1 Å². The van der Waals surface area contributed by atoms with Gasteiger partial charge in [-0.15, -0.1) is 0 Å². The van der Waals surface area contributed by atoms with Gasteiger partial charge in [0.05, 0.1) is 12.6 Å². The van der Waals surface area contributed by atoms with Gasteiger partial charge in [0, 0.05) is 6.42 Å². The highest BCUT2D eigenvalue weighted by molar-refractivity contribution is 5.84. The van der Waals surface area contributed by atoms with Gasteiger partial charge in [-0.2, -0.15) is 0 Å². The number of carbonyl (C=O) groups excluding carboxylic acids is 1. The Hall–Kier alpha value is -1.56. The maximum absolute atomic E-state index is 11.6. The lowest BCUT2D eigenvalue weighted by Gasteiger charge is -2.29. The number of carbonyl (C=O) groups is 2. The molecule has 2 unspecified atom stereocenters. The topological polar surface area (TPSA) is 87.1 Å². The highest BCUT2D eigenvalue weighted by atomic mass is 16.6. The van der Waals surface area contributed by atoms with Gasteiger partial charge < -0.3 is 14.9 Å². The number of rotatable bonds is 3. The number of likely N-dealkylation sites (tertiary alicyclic amines) is 1. The van der Waals surface area contributed by atoms with E-state index in [1.807, 2.05) is 0 Å². The third kappa shape index (κ3) is 2.16. The molecule has 1 fully saturated rings. The second-order valence-corrected chi connectivity index (χ2v) is 3.91. The Morgan fingerprint density at radius 1 is 1.69 bits per heavy atom. The van der Waals surface area contributed by atoms with E-state index in [4.69, 9.17) is 9.84 Å². The molecule has 16 heavy (non-hydrogen) atoms. The largest absolute Gasteiger partial charge is 0.480 e. The molecule has 0 saturated carbocycles. The van der Waals surface area contributed by atoms with E-state index < -0.39 is 23.7 Å². The number of nitrogens with zero attached hydrogens (tertiary/aromatic N) is 1. The van der Waals surface area contributed by atoms with Crippen LogP contribution in [0.25, 0.3) is 0 Å². The van der Waals surface area contributed by atoms with Gasteiger partial charge in [0.25, 0.3) is 0 Å². The zero-order chi connectivity index (χ0) is 12.3. The maximum Gasteiger partial charge on any atom is 0.411 e. The van der Waals surface area contributed by atoms with Crippen molar-refractivity contribution in [1.29, 1.82) is 0 Å². The van der Waals surface area contributed by atoms with Crippen molar-refractivity contribution in [3.05, 3.63) is 12.7 Å². The van der Waals surface area contributed by atoms with Crippen LogP contribution in [0.5, 0.6) is 0 Å². The van der Waals surface area contributed by atoms with E-state index in [9.17, 15) is 14.7 Å². The van der Waals surface area contributed by atoms with Gasteiger partial charge in [-0.25, -0.2) is 9.59 Å². The number of aliphatic hydroxyl groups is 1. The van der Waals surface area contributed by atoms with Crippen molar-refractivity contribution >= 4 is 12.1 Å². The molecule has 0 bridgehead atoms. The Morgan fingerprint density at radius 2 is 2.31 bits per heavy atom. The van der Waals surface area contributed by atoms with Gasteiger partial charge in [0.2, 0.25) is 0 Å². The number of hydrogen-bond acceptors (Lipinski definition) is 4. The fourth-order valence-corrected chi connectivity index (χ4v) is 1.73. The van der Waals surface area contributed by atoms with Crippen LogP contribution in [0, 0.1) is 0 Å². The summed E-state index contributed by atoms with van der Waals surface area (Å²) in [6, 6.07) is 0. The average molecular weight is 229 g/mol. The molecule has 1 heterocycles. The number of aliphatic carboxylic acids is 1. The molecule has 1 amide bonds. The molecule has 1 aliphatic rings. The SMILES string of the molecule is C=CCOC(=O)N1CC(O)CC1(C)C(=O)O. The molecule has 0 spiro atoms. The normalized spacial score (nSPS) is 28.9.